The minimum Gasteiger partial charge on any atom is -0.491 e. The normalized spacial score (nSPS) is 13.4. The summed E-state index contributed by atoms with van der Waals surface area (Å²) in [5.74, 6) is -1.35. The quantitative estimate of drug-likeness (QED) is 0.0710. The zero-order chi connectivity index (χ0) is 46.9. The Labute approximate surface area is 378 Å². The second-order valence-corrected chi connectivity index (χ2v) is 16.9. The lowest BCUT2D eigenvalue weighted by molar-refractivity contribution is 0.0524. The summed E-state index contributed by atoms with van der Waals surface area (Å²) in [5, 5.41) is 17.6. The molecule has 22 heteroatoms. The number of ether oxygens (including phenoxy) is 3. The number of primary amides is 2. The van der Waals surface area contributed by atoms with Gasteiger partial charge >= 0.3 is 6.09 Å². The molecular formula is C43H52ClN13O8. The van der Waals surface area contributed by atoms with E-state index in [1.54, 1.807) is 62.1 Å². The second kappa shape index (κ2) is 18.5. The SMILES string of the molecule is CCn1nc(C)cc1C(=O)Nc1nc2cc(C(N)=O)cc(OCCCNC(=O)OC(C)(C)C)c2n1CCC[C@H]1COc2cc(C(N)=O)cc3nc(NC(=O)c4c(Cl)c(C)nn4CC)n1c23. The number of carbonyl (C=O) groups excluding carboxylic acids is 5. The first-order valence-electron chi connectivity index (χ1n) is 21.2. The Balaban J connectivity index is 1.22. The number of carbonyl (C=O) groups is 5. The van der Waals surface area contributed by atoms with Gasteiger partial charge in [-0.2, -0.15) is 10.2 Å². The second-order valence-electron chi connectivity index (χ2n) is 16.5. The number of hydrogen-bond acceptors (Lipinski definition) is 12. The highest BCUT2D eigenvalue weighted by Gasteiger charge is 2.31. The van der Waals surface area contributed by atoms with Crippen LogP contribution in [-0.4, -0.2) is 93.7 Å². The van der Waals surface area contributed by atoms with Gasteiger partial charge in [-0.1, -0.05) is 11.6 Å². The van der Waals surface area contributed by atoms with E-state index in [1.165, 1.54) is 16.8 Å². The van der Waals surface area contributed by atoms with E-state index in [9.17, 15) is 24.0 Å². The molecule has 0 aliphatic carbocycles. The number of nitrogens with two attached hydrogens (primary N) is 2. The Bertz CT molecular complexity index is 2850. The highest BCUT2D eigenvalue weighted by atomic mass is 35.5. The highest BCUT2D eigenvalue weighted by molar-refractivity contribution is 6.34. The molecule has 4 aromatic heterocycles. The molecule has 2 aromatic carbocycles. The fourth-order valence-electron chi connectivity index (χ4n) is 7.70. The van der Waals surface area contributed by atoms with Crippen molar-refractivity contribution in [3.8, 4) is 11.5 Å². The van der Waals surface area contributed by atoms with Crippen LogP contribution in [0.2, 0.25) is 5.02 Å². The van der Waals surface area contributed by atoms with Gasteiger partial charge in [0.1, 0.15) is 46.1 Å². The standard InChI is InChI=1S/C43H52ClN13O8/c1-8-55-29(16-22(3)52-55)38(60)50-40-48-27-17-24(36(45)58)19-30(63-15-11-13-47-42(62)65-43(5,6)7)33(27)54(40)14-10-12-26-21-64-31-20-25(37(46)59)18-28-34(31)57(26)41(49-28)51-39(61)35-32(44)23(4)53-56(35)9-2/h16-20,26H,8-15,21H2,1-7H3,(H2,45,58)(H2,46,59)(H,47,62)(H,48,50,60)(H,49,51,61)/t26-/m0/s1. The number of hydrogen-bond donors (Lipinski definition) is 5. The average molecular weight is 914 g/mol. The van der Waals surface area contributed by atoms with Crippen LogP contribution in [0.15, 0.2) is 30.3 Å². The van der Waals surface area contributed by atoms with E-state index >= 15 is 0 Å². The van der Waals surface area contributed by atoms with Crippen molar-refractivity contribution in [1.82, 2.24) is 44.0 Å². The molecule has 0 bridgehead atoms. The third kappa shape index (κ3) is 9.69. The van der Waals surface area contributed by atoms with E-state index in [0.717, 1.165) is 0 Å². The van der Waals surface area contributed by atoms with E-state index < -0.39 is 41.4 Å². The summed E-state index contributed by atoms with van der Waals surface area (Å²) in [7, 11) is 0. The van der Waals surface area contributed by atoms with Gasteiger partial charge < -0.3 is 40.1 Å². The van der Waals surface area contributed by atoms with Gasteiger partial charge in [-0.25, -0.2) is 14.8 Å². The molecule has 0 unspecified atom stereocenters. The number of alkyl carbamates (subject to hydrolysis) is 1. The Hall–Kier alpha value is -7.16. The van der Waals surface area contributed by atoms with Gasteiger partial charge in [0.05, 0.1) is 40.1 Å². The van der Waals surface area contributed by atoms with Gasteiger partial charge in [0, 0.05) is 37.3 Å². The largest absolute Gasteiger partial charge is 0.491 e. The molecule has 0 spiro atoms. The Morgan fingerprint density at radius 3 is 2.20 bits per heavy atom. The smallest absolute Gasteiger partial charge is 0.407 e. The van der Waals surface area contributed by atoms with Crippen LogP contribution in [0.3, 0.4) is 0 Å². The number of aryl methyl sites for hydroxylation is 5. The molecule has 6 aromatic rings. The number of benzene rings is 2. The summed E-state index contributed by atoms with van der Waals surface area (Å²) in [6.45, 7) is 14.2. The zero-order valence-electron chi connectivity index (χ0n) is 37.2. The topological polar surface area (TPSA) is 272 Å². The van der Waals surface area contributed by atoms with Gasteiger partial charge in [0.2, 0.25) is 23.7 Å². The third-order valence-corrected chi connectivity index (χ3v) is 11.0. The van der Waals surface area contributed by atoms with Crippen LogP contribution < -0.4 is 36.9 Å². The maximum Gasteiger partial charge on any atom is 0.407 e. The summed E-state index contributed by atoms with van der Waals surface area (Å²) in [6, 6.07) is 7.42. The minimum atomic E-state index is -0.711. The number of nitrogens with one attached hydrogen (secondary N) is 3. The van der Waals surface area contributed by atoms with Crippen molar-refractivity contribution in [1.29, 1.82) is 0 Å². The summed E-state index contributed by atoms with van der Waals surface area (Å²) < 4.78 is 24.6. The number of anilines is 2. The average Bonchev–Trinajstić information content (AvgIpc) is 3.99. The zero-order valence-corrected chi connectivity index (χ0v) is 38.0. The number of rotatable bonds is 17. The van der Waals surface area contributed by atoms with Crippen molar-refractivity contribution in [3.05, 3.63) is 69.3 Å². The lowest BCUT2D eigenvalue weighted by Crippen LogP contribution is -2.33. The summed E-state index contributed by atoms with van der Waals surface area (Å²) >= 11 is 6.56. The van der Waals surface area contributed by atoms with Crippen LogP contribution in [0.25, 0.3) is 22.1 Å². The van der Waals surface area contributed by atoms with Gasteiger partial charge in [-0.15, -0.1) is 0 Å². The van der Waals surface area contributed by atoms with Crippen molar-refractivity contribution in [2.45, 2.75) is 99.0 Å². The molecule has 344 valence electrons. The van der Waals surface area contributed by atoms with Gasteiger partial charge in [0.25, 0.3) is 11.8 Å². The molecule has 1 aliphatic heterocycles. The molecule has 0 saturated carbocycles. The predicted octanol–water partition coefficient (Wildman–Crippen LogP) is 5.50. The number of aromatic nitrogens is 8. The third-order valence-electron chi connectivity index (χ3n) is 10.5. The number of halogens is 1. The first-order chi connectivity index (χ1) is 30.9. The molecule has 7 N–H and O–H groups in total. The molecule has 0 fully saturated rings. The predicted molar refractivity (Wildman–Crippen MR) is 241 cm³/mol. The van der Waals surface area contributed by atoms with E-state index in [4.69, 9.17) is 47.2 Å². The van der Waals surface area contributed by atoms with Gasteiger partial charge in [0.15, 0.2) is 0 Å². The molecule has 0 saturated heterocycles. The molecule has 1 aliphatic rings. The fourth-order valence-corrected chi connectivity index (χ4v) is 7.92. The van der Waals surface area contributed by atoms with Crippen molar-refractivity contribution < 1.29 is 38.2 Å². The van der Waals surface area contributed by atoms with Crippen LogP contribution >= 0.6 is 11.6 Å². The van der Waals surface area contributed by atoms with E-state index in [1.807, 2.05) is 18.4 Å². The van der Waals surface area contributed by atoms with Crippen LogP contribution in [0, 0.1) is 13.8 Å². The van der Waals surface area contributed by atoms with Gasteiger partial charge in [-0.3, -0.25) is 39.2 Å². The molecule has 0 radical (unpaired) electrons. The molecule has 5 amide bonds. The van der Waals surface area contributed by atoms with Crippen LogP contribution in [0.4, 0.5) is 16.7 Å². The minimum absolute atomic E-state index is 0.125. The van der Waals surface area contributed by atoms with E-state index in [-0.39, 0.29) is 65.8 Å². The molecule has 21 nitrogen and oxygen atoms in total. The maximum atomic E-state index is 13.9. The summed E-state index contributed by atoms with van der Waals surface area (Å²) in [6.07, 6.45) is 0.707. The Kier molecular flexibility index (Phi) is 13.1. The van der Waals surface area contributed by atoms with Crippen molar-refractivity contribution in [2.24, 2.45) is 11.5 Å². The highest BCUT2D eigenvalue weighted by Crippen LogP contribution is 2.39. The Morgan fingerprint density at radius 1 is 0.862 bits per heavy atom. The molecule has 1 atom stereocenters. The van der Waals surface area contributed by atoms with Crippen molar-refractivity contribution in [2.75, 3.05) is 30.4 Å². The molecule has 7 rings (SSSR count). The van der Waals surface area contributed by atoms with Crippen molar-refractivity contribution in [3.63, 3.8) is 0 Å². The monoisotopic (exact) mass is 913 g/mol. The van der Waals surface area contributed by atoms with Crippen LogP contribution in [0.5, 0.6) is 11.5 Å². The molecule has 5 heterocycles. The number of fused-ring (bicyclic) bond motifs is 1. The van der Waals surface area contributed by atoms with Crippen LogP contribution in [-0.2, 0) is 24.4 Å². The van der Waals surface area contributed by atoms with Crippen molar-refractivity contribution >= 4 is 75.3 Å². The number of imidazole rings is 2. The number of nitrogens with zero attached hydrogens (tertiary/aromatic N) is 8. The fraction of sp³-hybridized carbons (Fsp3) is 0.419. The van der Waals surface area contributed by atoms with E-state index in [0.29, 0.717) is 77.3 Å². The molecule has 65 heavy (non-hydrogen) atoms. The lowest BCUT2D eigenvalue weighted by Gasteiger charge is -2.27. The first kappa shape index (κ1) is 45.9. The lowest BCUT2D eigenvalue weighted by atomic mass is 10.1. The Morgan fingerprint density at radius 2 is 1.52 bits per heavy atom. The van der Waals surface area contributed by atoms with E-state index in [2.05, 4.69) is 26.1 Å². The maximum absolute atomic E-state index is 13.9. The van der Waals surface area contributed by atoms with Gasteiger partial charge in [-0.05, 0) is 98.1 Å². The summed E-state index contributed by atoms with van der Waals surface area (Å²) in [4.78, 5) is 74.4. The molecular weight excluding hydrogens is 862 g/mol. The van der Waals surface area contributed by atoms with Crippen LogP contribution in [0.1, 0.15) is 113 Å². The summed E-state index contributed by atoms with van der Waals surface area (Å²) in [5.41, 5.74) is 14.5. The number of amides is 5. The first-order valence-corrected chi connectivity index (χ1v) is 21.6.